The molecule has 0 aliphatic rings. The first-order valence-electron chi connectivity index (χ1n) is 12.7. The van der Waals surface area contributed by atoms with Gasteiger partial charge in [0.1, 0.15) is 17.4 Å². The molecule has 214 valence electrons. The zero-order valence-corrected chi connectivity index (χ0v) is 23.1. The second-order valence-electron chi connectivity index (χ2n) is 8.95. The van der Waals surface area contributed by atoms with Crippen molar-refractivity contribution in [2.75, 3.05) is 37.8 Å². The minimum absolute atomic E-state index is 0.0876. The van der Waals surface area contributed by atoms with E-state index in [1.165, 1.54) is 28.5 Å². The van der Waals surface area contributed by atoms with E-state index in [1.807, 2.05) is 12.1 Å². The number of fused-ring (bicyclic) bond motifs is 2. The van der Waals surface area contributed by atoms with Crippen molar-refractivity contribution in [2.45, 2.75) is 25.1 Å². The maximum atomic E-state index is 12.9. The van der Waals surface area contributed by atoms with Gasteiger partial charge in [-0.25, -0.2) is 4.79 Å². The highest BCUT2D eigenvalue weighted by molar-refractivity contribution is 7.99. The number of thiazole rings is 1. The minimum Gasteiger partial charge on any atom is -0.506 e. The molecule has 1 heterocycles. The third-order valence-electron chi connectivity index (χ3n) is 6.16. The number of rotatable bonds is 14. The lowest BCUT2D eigenvalue weighted by atomic mass is 10.0. The van der Waals surface area contributed by atoms with Gasteiger partial charge in [0.05, 0.1) is 17.9 Å². The van der Waals surface area contributed by atoms with E-state index >= 15 is 0 Å². The SMILES string of the molecule is O=C(O[C@@H](CNCCCSCCOCCc1cccc2ccccc12)c1ccc(O)c2[nH]c(=O)sc12)C(F)(F)F. The van der Waals surface area contributed by atoms with Crippen molar-refractivity contribution in [3.8, 4) is 5.75 Å². The highest BCUT2D eigenvalue weighted by Crippen LogP contribution is 2.34. The summed E-state index contributed by atoms with van der Waals surface area (Å²) in [5.74, 6) is -0.908. The van der Waals surface area contributed by atoms with E-state index in [2.05, 4.69) is 40.6 Å². The molecule has 3 aromatic carbocycles. The molecule has 0 bridgehead atoms. The number of phenolic OH excluding ortho intramolecular Hbond substituents is 1. The molecule has 12 heteroatoms. The molecule has 0 saturated carbocycles. The highest BCUT2D eigenvalue weighted by Gasteiger charge is 2.42. The molecular formula is C28H29F3N2O5S2. The van der Waals surface area contributed by atoms with Crippen LogP contribution in [-0.2, 0) is 20.7 Å². The third-order valence-corrected chi connectivity index (χ3v) is 8.12. The fraction of sp³-hybridized carbons (Fsp3) is 0.357. The third kappa shape index (κ3) is 8.00. The van der Waals surface area contributed by atoms with Crippen LogP contribution in [0.4, 0.5) is 13.2 Å². The number of hydrogen-bond acceptors (Lipinski definition) is 8. The van der Waals surface area contributed by atoms with E-state index in [0.717, 1.165) is 35.7 Å². The van der Waals surface area contributed by atoms with Crippen LogP contribution in [0.3, 0.4) is 0 Å². The van der Waals surface area contributed by atoms with Crippen LogP contribution in [-0.4, -0.2) is 60.0 Å². The number of alkyl halides is 3. The summed E-state index contributed by atoms with van der Waals surface area (Å²) in [5, 5.41) is 15.5. The zero-order valence-electron chi connectivity index (χ0n) is 21.5. The number of thioether (sulfide) groups is 1. The van der Waals surface area contributed by atoms with E-state index in [-0.39, 0.29) is 28.1 Å². The zero-order chi connectivity index (χ0) is 28.5. The predicted octanol–water partition coefficient (Wildman–Crippen LogP) is 5.57. The normalized spacial score (nSPS) is 12.7. The average molecular weight is 595 g/mol. The van der Waals surface area contributed by atoms with Crippen molar-refractivity contribution >= 4 is 50.1 Å². The Morgan fingerprint density at radius 1 is 1.07 bits per heavy atom. The van der Waals surface area contributed by atoms with Crippen molar-refractivity contribution in [3.05, 3.63) is 75.4 Å². The summed E-state index contributed by atoms with van der Waals surface area (Å²) in [5.41, 5.74) is 1.56. The van der Waals surface area contributed by atoms with Gasteiger partial charge in [-0.1, -0.05) is 59.9 Å². The number of aromatic nitrogens is 1. The van der Waals surface area contributed by atoms with Crippen molar-refractivity contribution in [1.29, 1.82) is 0 Å². The number of hydrogen-bond donors (Lipinski definition) is 3. The number of esters is 1. The van der Waals surface area contributed by atoms with E-state index in [9.17, 15) is 27.9 Å². The Bertz CT molecular complexity index is 1480. The Morgan fingerprint density at radius 2 is 1.88 bits per heavy atom. The van der Waals surface area contributed by atoms with Crippen molar-refractivity contribution in [2.24, 2.45) is 0 Å². The second-order valence-corrected chi connectivity index (χ2v) is 11.2. The molecule has 1 aromatic heterocycles. The number of carbonyl (C=O) groups is 1. The second kappa shape index (κ2) is 14.0. The van der Waals surface area contributed by atoms with Gasteiger partial charge in [-0.15, -0.1) is 0 Å². The molecule has 0 aliphatic carbocycles. The van der Waals surface area contributed by atoms with Gasteiger partial charge < -0.3 is 24.9 Å². The monoisotopic (exact) mass is 594 g/mol. The first-order valence-corrected chi connectivity index (χ1v) is 14.7. The Balaban J connectivity index is 1.18. The Labute approximate surface area is 236 Å². The summed E-state index contributed by atoms with van der Waals surface area (Å²) in [6, 6.07) is 17.1. The Morgan fingerprint density at radius 3 is 2.70 bits per heavy atom. The fourth-order valence-corrected chi connectivity index (χ4v) is 5.95. The molecule has 4 aromatic rings. The van der Waals surface area contributed by atoms with Crippen molar-refractivity contribution in [1.82, 2.24) is 10.3 Å². The molecule has 0 unspecified atom stereocenters. The molecule has 0 radical (unpaired) electrons. The molecule has 0 saturated heterocycles. The Hall–Kier alpha value is -3.06. The summed E-state index contributed by atoms with van der Waals surface area (Å²) < 4.78 is 49.5. The van der Waals surface area contributed by atoms with Crippen LogP contribution in [0.5, 0.6) is 5.75 Å². The molecule has 4 rings (SSSR count). The molecule has 40 heavy (non-hydrogen) atoms. The number of benzene rings is 3. The van der Waals surface area contributed by atoms with Gasteiger partial charge in [0.15, 0.2) is 0 Å². The average Bonchev–Trinajstić information content (AvgIpc) is 3.33. The van der Waals surface area contributed by atoms with Gasteiger partial charge in [0.25, 0.3) is 0 Å². The van der Waals surface area contributed by atoms with Gasteiger partial charge in [0.2, 0.25) is 0 Å². The molecule has 1 atom stereocenters. The van der Waals surface area contributed by atoms with Crippen LogP contribution in [0.25, 0.3) is 21.0 Å². The fourth-order valence-electron chi connectivity index (χ4n) is 4.25. The number of H-pyrrole nitrogens is 1. The van der Waals surface area contributed by atoms with E-state index in [0.29, 0.717) is 19.8 Å². The van der Waals surface area contributed by atoms with E-state index in [4.69, 9.17) is 9.47 Å². The van der Waals surface area contributed by atoms with Gasteiger partial charge >= 0.3 is 17.0 Å². The number of carbonyl (C=O) groups excluding carboxylic acids is 1. The summed E-state index contributed by atoms with van der Waals surface area (Å²) in [6.45, 7) is 1.65. The number of nitrogens with one attached hydrogen (secondary N) is 2. The van der Waals surface area contributed by atoms with Crippen LogP contribution < -0.4 is 10.2 Å². The van der Waals surface area contributed by atoms with Crippen LogP contribution in [0.1, 0.15) is 23.7 Å². The summed E-state index contributed by atoms with van der Waals surface area (Å²) >= 11 is 2.44. The summed E-state index contributed by atoms with van der Waals surface area (Å²) in [4.78, 5) is 25.3. The highest BCUT2D eigenvalue weighted by atomic mass is 32.2. The molecular weight excluding hydrogens is 565 g/mol. The van der Waals surface area contributed by atoms with Gasteiger partial charge in [-0.3, -0.25) is 4.79 Å². The lowest BCUT2D eigenvalue weighted by Gasteiger charge is -2.20. The number of halogens is 3. The smallest absolute Gasteiger partial charge is 0.490 e. The minimum atomic E-state index is -5.16. The molecule has 0 spiro atoms. The Kier molecular flexibility index (Phi) is 10.5. The standard InChI is InChI=1S/C28H29F3N2O5S2/c29-28(30,31)26(35)38-23(21-9-10-22(34)24-25(21)40-27(36)33-24)17-32-12-4-15-39-16-14-37-13-11-19-7-3-6-18-5-1-2-8-20(18)19/h1-3,5-10,23,32,34H,4,11-17H2,(H,33,36)/t23-/m0/s1. The van der Waals surface area contributed by atoms with Crippen LogP contribution >= 0.6 is 23.1 Å². The largest absolute Gasteiger partial charge is 0.506 e. The number of ether oxygens (including phenoxy) is 2. The maximum Gasteiger partial charge on any atom is 0.490 e. The molecule has 0 fully saturated rings. The maximum absolute atomic E-state index is 12.9. The van der Waals surface area contributed by atoms with Crippen molar-refractivity contribution in [3.63, 3.8) is 0 Å². The van der Waals surface area contributed by atoms with E-state index < -0.39 is 23.1 Å². The first-order chi connectivity index (χ1) is 19.2. The van der Waals surface area contributed by atoms with Gasteiger partial charge in [-0.2, -0.15) is 24.9 Å². The predicted molar refractivity (Wildman–Crippen MR) is 152 cm³/mol. The lowest BCUT2D eigenvalue weighted by molar-refractivity contribution is -0.205. The summed E-state index contributed by atoms with van der Waals surface area (Å²) in [6.07, 6.45) is -4.88. The quantitative estimate of drug-likeness (QED) is 0.130. The molecule has 7 nitrogen and oxygen atoms in total. The van der Waals surface area contributed by atoms with Gasteiger partial charge in [0, 0.05) is 17.9 Å². The number of aromatic hydroxyl groups is 1. The van der Waals surface area contributed by atoms with Crippen molar-refractivity contribution < 1.29 is 32.5 Å². The first kappa shape index (κ1) is 29.9. The van der Waals surface area contributed by atoms with E-state index in [1.54, 1.807) is 11.8 Å². The molecule has 3 N–H and O–H groups in total. The van der Waals surface area contributed by atoms with Crippen LogP contribution in [0.15, 0.2) is 59.4 Å². The topological polar surface area (TPSA) is 101 Å². The summed E-state index contributed by atoms with van der Waals surface area (Å²) in [7, 11) is 0. The lowest BCUT2D eigenvalue weighted by Crippen LogP contribution is -2.32. The van der Waals surface area contributed by atoms with Gasteiger partial charge in [-0.05, 0) is 47.5 Å². The number of phenols is 1. The number of aromatic amines is 1. The molecule has 0 amide bonds. The van der Waals surface area contributed by atoms with Crippen LogP contribution in [0, 0.1) is 0 Å². The molecule has 0 aliphatic heterocycles. The van der Waals surface area contributed by atoms with Crippen LogP contribution in [0.2, 0.25) is 0 Å².